The second-order valence-corrected chi connectivity index (χ2v) is 7.33. The smallest absolute Gasteiger partial charge is 0.256 e. The van der Waals surface area contributed by atoms with Gasteiger partial charge in [-0.1, -0.05) is 23.7 Å². The molecule has 4 rings (SSSR count). The fraction of sp³-hybridized carbons (Fsp3) is 0.0500. The fourth-order valence-electron chi connectivity index (χ4n) is 2.66. The minimum Gasteiger partial charge on any atom is -0.443 e. The number of aromatic nitrogens is 2. The number of carbonyl (C=O) groups excluding carboxylic acids is 1. The molecule has 0 radical (unpaired) electrons. The van der Waals surface area contributed by atoms with Crippen molar-refractivity contribution in [2.75, 3.05) is 5.32 Å². The number of benzene rings is 1. The number of amides is 1. The van der Waals surface area contributed by atoms with Crippen LogP contribution in [-0.2, 0) is 0 Å². The second-order valence-electron chi connectivity index (χ2n) is 5.88. The van der Waals surface area contributed by atoms with Crippen molar-refractivity contribution in [3.63, 3.8) is 0 Å². The molecule has 0 aliphatic heterocycles. The van der Waals surface area contributed by atoms with E-state index in [0.717, 1.165) is 20.9 Å². The van der Waals surface area contributed by atoms with Crippen LogP contribution in [0, 0.1) is 6.92 Å². The monoisotopic (exact) mass is 395 g/mol. The first-order valence-electron chi connectivity index (χ1n) is 8.12. The van der Waals surface area contributed by atoms with Gasteiger partial charge in [0, 0.05) is 23.6 Å². The predicted octanol–water partition coefficient (Wildman–Crippen LogP) is 5.68. The summed E-state index contributed by atoms with van der Waals surface area (Å²) in [5.41, 5.74) is 3.11. The van der Waals surface area contributed by atoms with Gasteiger partial charge in [-0.2, -0.15) is 0 Å². The molecule has 27 heavy (non-hydrogen) atoms. The van der Waals surface area contributed by atoms with E-state index in [-0.39, 0.29) is 5.91 Å². The molecule has 0 atom stereocenters. The maximum Gasteiger partial charge on any atom is 0.256 e. The molecular formula is C20H14ClN3O2S. The SMILES string of the molecule is Cc1cnccc1C(=O)Nc1ccc(-c2sc(-c3cnco3)cc2Cl)cc1. The third-order valence-electron chi connectivity index (χ3n) is 4.03. The van der Waals surface area contributed by atoms with Crippen molar-refractivity contribution in [1.29, 1.82) is 0 Å². The second kappa shape index (κ2) is 7.34. The Bertz CT molecular complexity index is 1090. The van der Waals surface area contributed by atoms with E-state index in [1.807, 2.05) is 37.3 Å². The van der Waals surface area contributed by atoms with Crippen molar-refractivity contribution in [3.8, 4) is 21.1 Å². The lowest BCUT2D eigenvalue weighted by atomic mass is 10.1. The van der Waals surface area contributed by atoms with Gasteiger partial charge >= 0.3 is 0 Å². The zero-order valence-corrected chi connectivity index (χ0v) is 15.8. The van der Waals surface area contributed by atoms with E-state index >= 15 is 0 Å². The Hall–Kier alpha value is -2.96. The number of thiophene rings is 1. The minimum absolute atomic E-state index is 0.163. The molecule has 0 aliphatic carbocycles. The van der Waals surface area contributed by atoms with Gasteiger partial charge in [-0.25, -0.2) is 4.98 Å². The first kappa shape index (κ1) is 17.5. The average Bonchev–Trinajstić information content (AvgIpc) is 3.32. The molecule has 7 heteroatoms. The van der Waals surface area contributed by atoms with Crippen molar-refractivity contribution in [2.45, 2.75) is 6.92 Å². The molecule has 0 fully saturated rings. The van der Waals surface area contributed by atoms with Crippen molar-refractivity contribution in [1.82, 2.24) is 9.97 Å². The number of halogens is 1. The Morgan fingerprint density at radius 1 is 1.15 bits per heavy atom. The van der Waals surface area contributed by atoms with Crippen LogP contribution in [0.25, 0.3) is 21.1 Å². The molecule has 0 spiro atoms. The molecule has 0 aliphatic rings. The Labute approximate surface area is 164 Å². The van der Waals surface area contributed by atoms with Gasteiger partial charge in [0.15, 0.2) is 12.2 Å². The molecule has 1 N–H and O–H groups in total. The fourth-order valence-corrected chi connectivity index (χ4v) is 4.06. The number of nitrogens with zero attached hydrogens (tertiary/aromatic N) is 2. The molecule has 0 unspecified atom stereocenters. The number of nitrogens with one attached hydrogen (secondary N) is 1. The Morgan fingerprint density at radius 2 is 1.96 bits per heavy atom. The lowest BCUT2D eigenvalue weighted by molar-refractivity contribution is 0.102. The van der Waals surface area contributed by atoms with Gasteiger partial charge in [-0.15, -0.1) is 11.3 Å². The standard InChI is InChI=1S/C20H14ClN3O2S/c1-12-9-22-7-6-15(12)20(25)24-14-4-2-13(3-5-14)19-16(21)8-18(27-19)17-10-23-11-26-17/h2-11H,1H3,(H,24,25). The summed E-state index contributed by atoms with van der Waals surface area (Å²) < 4.78 is 5.33. The van der Waals surface area contributed by atoms with Crippen LogP contribution in [-0.4, -0.2) is 15.9 Å². The number of carbonyl (C=O) groups is 1. The van der Waals surface area contributed by atoms with E-state index in [0.29, 0.717) is 22.0 Å². The van der Waals surface area contributed by atoms with Gasteiger partial charge in [0.2, 0.25) is 0 Å². The molecule has 134 valence electrons. The van der Waals surface area contributed by atoms with Crippen LogP contribution in [0.1, 0.15) is 15.9 Å². The van der Waals surface area contributed by atoms with Gasteiger partial charge in [0.25, 0.3) is 5.91 Å². The lowest BCUT2D eigenvalue weighted by Gasteiger charge is -2.08. The summed E-state index contributed by atoms with van der Waals surface area (Å²) in [6.45, 7) is 1.86. The van der Waals surface area contributed by atoms with Gasteiger partial charge in [0.1, 0.15) is 0 Å². The number of anilines is 1. The van der Waals surface area contributed by atoms with Gasteiger partial charge in [-0.05, 0) is 42.3 Å². The molecule has 1 aromatic carbocycles. The van der Waals surface area contributed by atoms with E-state index in [1.165, 1.54) is 17.7 Å². The normalized spacial score (nSPS) is 10.7. The Kier molecular flexibility index (Phi) is 4.75. The molecule has 0 bridgehead atoms. The molecule has 1 amide bonds. The quantitative estimate of drug-likeness (QED) is 0.482. The number of oxazole rings is 1. The number of pyridine rings is 1. The summed E-state index contributed by atoms with van der Waals surface area (Å²) in [4.78, 5) is 22.2. The number of aryl methyl sites for hydroxylation is 1. The molecule has 0 saturated carbocycles. The summed E-state index contributed by atoms with van der Waals surface area (Å²) >= 11 is 7.92. The molecule has 3 aromatic heterocycles. The van der Waals surface area contributed by atoms with E-state index < -0.39 is 0 Å². The molecule has 4 aromatic rings. The highest BCUT2D eigenvalue weighted by Gasteiger charge is 2.14. The summed E-state index contributed by atoms with van der Waals surface area (Å²) in [7, 11) is 0. The van der Waals surface area contributed by atoms with Crippen molar-refractivity contribution in [2.24, 2.45) is 0 Å². The maximum atomic E-state index is 12.4. The van der Waals surface area contributed by atoms with Gasteiger partial charge in [-0.3, -0.25) is 9.78 Å². The zero-order chi connectivity index (χ0) is 18.8. The number of rotatable bonds is 4. The van der Waals surface area contributed by atoms with E-state index in [9.17, 15) is 4.79 Å². The first-order chi connectivity index (χ1) is 13.1. The predicted molar refractivity (Wildman–Crippen MR) is 107 cm³/mol. The van der Waals surface area contributed by atoms with Crippen molar-refractivity contribution < 1.29 is 9.21 Å². The molecule has 0 saturated heterocycles. The first-order valence-corrected chi connectivity index (χ1v) is 9.32. The van der Waals surface area contributed by atoms with E-state index in [2.05, 4.69) is 15.3 Å². The number of hydrogen-bond donors (Lipinski definition) is 1. The van der Waals surface area contributed by atoms with Crippen LogP contribution in [0.5, 0.6) is 0 Å². The van der Waals surface area contributed by atoms with Crippen LogP contribution in [0.4, 0.5) is 5.69 Å². The van der Waals surface area contributed by atoms with Crippen LogP contribution in [0.2, 0.25) is 5.02 Å². The third-order valence-corrected chi connectivity index (χ3v) is 5.64. The molecular weight excluding hydrogens is 382 g/mol. The zero-order valence-electron chi connectivity index (χ0n) is 14.3. The highest BCUT2D eigenvalue weighted by molar-refractivity contribution is 7.19. The third kappa shape index (κ3) is 3.63. The van der Waals surface area contributed by atoms with Crippen LogP contribution in [0.15, 0.2) is 65.8 Å². The maximum absolute atomic E-state index is 12.4. The minimum atomic E-state index is -0.163. The van der Waals surface area contributed by atoms with Gasteiger partial charge in [0.05, 0.1) is 21.0 Å². The van der Waals surface area contributed by atoms with Crippen molar-refractivity contribution in [3.05, 3.63) is 77.5 Å². The van der Waals surface area contributed by atoms with Crippen LogP contribution in [0.3, 0.4) is 0 Å². The summed E-state index contributed by atoms with van der Waals surface area (Å²) in [5.74, 6) is 0.522. The number of hydrogen-bond acceptors (Lipinski definition) is 5. The molecule has 5 nitrogen and oxygen atoms in total. The van der Waals surface area contributed by atoms with E-state index in [4.69, 9.17) is 16.0 Å². The summed E-state index contributed by atoms with van der Waals surface area (Å²) in [6, 6.07) is 11.1. The summed E-state index contributed by atoms with van der Waals surface area (Å²) in [6.07, 6.45) is 6.33. The molecule has 3 heterocycles. The summed E-state index contributed by atoms with van der Waals surface area (Å²) in [5, 5.41) is 3.55. The van der Waals surface area contributed by atoms with Crippen LogP contribution >= 0.6 is 22.9 Å². The Morgan fingerprint density at radius 3 is 2.67 bits per heavy atom. The van der Waals surface area contributed by atoms with E-state index in [1.54, 1.807) is 24.7 Å². The largest absolute Gasteiger partial charge is 0.443 e. The topological polar surface area (TPSA) is 68.0 Å². The highest BCUT2D eigenvalue weighted by atomic mass is 35.5. The van der Waals surface area contributed by atoms with Gasteiger partial charge < -0.3 is 9.73 Å². The average molecular weight is 396 g/mol. The Balaban J connectivity index is 1.55. The van der Waals surface area contributed by atoms with Crippen LogP contribution < -0.4 is 5.32 Å². The lowest BCUT2D eigenvalue weighted by Crippen LogP contribution is -2.13. The highest BCUT2D eigenvalue weighted by Crippen LogP contribution is 2.41. The van der Waals surface area contributed by atoms with Crippen molar-refractivity contribution >= 4 is 34.5 Å².